The van der Waals surface area contributed by atoms with E-state index in [9.17, 15) is 9.59 Å². The lowest BCUT2D eigenvalue weighted by atomic mass is 10.1. The monoisotopic (exact) mass is 409 g/mol. The van der Waals surface area contributed by atoms with Crippen molar-refractivity contribution in [1.29, 1.82) is 0 Å². The first-order chi connectivity index (χ1) is 14.5. The van der Waals surface area contributed by atoms with E-state index in [1.54, 1.807) is 0 Å². The van der Waals surface area contributed by atoms with Gasteiger partial charge >= 0.3 is 5.97 Å². The molecule has 8 nitrogen and oxygen atoms in total. The van der Waals surface area contributed by atoms with Gasteiger partial charge in [-0.1, -0.05) is 17.7 Å². The van der Waals surface area contributed by atoms with Gasteiger partial charge in [0.2, 0.25) is 0 Å². The molecule has 8 heteroatoms. The van der Waals surface area contributed by atoms with Gasteiger partial charge in [-0.15, -0.1) is 0 Å². The smallest absolute Gasteiger partial charge is 0.356 e. The van der Waals surface area contributed by atoms with Gasteiger partial charge in [0.15, 0.2) is 6.54 Å². The Bertz CT molecular complexity index is 1060. The van der Waals surface area contributed by atoms with E-state index >= 15 is 0 Å². The lowest BCUT2D eigenvalue weighted by Crippen LogP contribution is -3.15. The highest BCUT2D eigenvalue weighted by atomic mass is 16.5. The van der Waals surface area contributed by atoms with Crippen molar-refractivity contribution >= 4 is 34.3 Å². The van der Waals surface area contributed by atoms with Crippen LogP contribution in [0.5, 0.6) is 0 Å². The zero-order valence-corrected chi connectivity index (χ0v) is 17.2. The number of quaternary nitrogens is 1. The van der Waals surface area contributed by atoms with Crippen molar-refractivity contribution in [2.24, 2.45) is 0 Å². The van der Waals surface area contributed by atoms with Crippen LogP contribution in [0.3, 0.4) is 0 Å². The van der Waals surface area contributed by atoms with Gasteiger partial charge in [-0.3, -0.25) is 9.69 Å². The molecule has 156 valence electrons. The standard InChI is InChI=1S/C22H25N5O3/c1-15-6-7-17-16(13-15)20(21(24-17)22(29)30-2)25-19(28)14-26-9-11-27(12-10-26)18-5-3-4-8-23-18/h3-8,13,24H,9-12,14H2,1-2H3,(H,25,28)/p+2. The van der Waals surface area contributed by atoms with E-state index in [1.807, 2.05) is 43.5 Å². The number of carbonyl (C=O) groups is 2. The molecule has 0 bridgehead atoms. The first-order valence-corrected chi connectivity index (χ1v) is 10.1. The SMILES string of the molecule is COC(=O)c1[nH]c2ccc(C)cc2c1NC(=O)C[NH+]1CCN(c2cccc[nH+]2)CC1. The fourth-order valence-corrected chi connectivity index (χ4v) is 3.92. The molecule has 1 fully saturated rings. The molecule has 3 aromatic rings. The minimum absolute atomic E-state index is 0.114. The number of piperazine rings is 1. The predicted octanol–water partition coefficient (Wildman–Crippen LogP) is 0.421. The van der Waals surface area contributed by atoms with Crippen molar-refractivity contribution in [3.63, 3.8) is 0 Å². The number of nitrogens with one attached hydrogen (secondary N) is 4. The van der Waals surface area contributed by atoms with Gasteiger partial charge in [-0.05, 0) is 25.1 Å². The first kappa shape index (κ1) is 19.9. The number of amides is 1. The third kappa shape index (κ3) is 4.13. The maximum atomic E-state index is 12.8. The van der Waals surface area contributed by atoms with Crippen molar-refractivity contribution in [2.75, 3.05) is 50.1 Å². The van der Waals surface area contributed by atoms with Crippen molar-refractivity contribution in [3.8, 4) is 0 Å². The molecule has 4 N–H and O–H groups in total. The minimum Gasteiger partial charge on any atom is -0.464 e. The summed E-state index contributed by atoms with van der Waals surface area (Å²) in [4.78, 5) is 34.9. The summed E-state index contributed by atoms with van der Waals surface area (Å²) in [7, 11) is 1.33. The number of H-pyrrole nitrogens is 2. The van der Waals surface area contributed by atoms with Gasteiger partial charge < -0.3 is 19.9 Å². The molecule has 2 aromatic heterocycles. The van der Waals surface area contributed by atoms with Crippen LogP contribution in [0.25, 0.3) is 10.9 Å². The van der Waals surface area contributed by atoms with Gasteiger partial charge in [0.25, 0.3) is 11.7 Å². The zero-order chi connectivity index (χ0) is 21.1. The van der Waals surface area contributed by atoms with Crippen LogP contribution in [0.1, 0.15) is 16.1 Å². The molecule has 1 saturated heterocycles. The molecule has 0 atom stereocenters. The molecule has 0 aliphatic carbocycles. The Balaban J connectivity index is 1.44. The van der Waals surface area contributed by atoms with Crippen LogP contribution in [0, 0.1) is 6.92 Å². The Hall–Kier alpha value is -3.39. The first-order valence-electron chi connectivity index (χ1n) is 10.1. The summed E-state index contributed by atoms with van der Waals surface area (Å²) in [5, 5.41) is 3.76. The topological polar surface area (TPSA) is 93.0 Å². The average molecular weight is 409 g/mol. The Morgan fingerprint density at radius 2 is 2.03 bits per heavy atom. The van der Waals surface area contributed by atoms with Crippen molar-refractivity contribution in [3.05, 3.63) is 53.9 Å². The summed E-state index contributed by atoms with van der Waals surface area (Å²) in [6, 6.07) is 11.8. The number of aryl methyl sites for hydroxylation is 1. The van der Waals surface area contributed by atoms with Crippen molar-refractivity contribution < 1.29 is 24.2 Å². The van der Waals surface area contributed by atoms with E-state index in [1.165, 1.54) is 12.0 Å². The van der Waals surface area contributed by atoms with Gasteiger partial charge in [-0.25, -0.2) is 9.78 Å². The molecule has 1 aliphatic rings. The highest BCUT2D eigenvalue weighted by Gasteiger charge is 2.28. The van der Waals surface area contributed by atoms with Crippen LogP contribution in [0.2, 0.25) is 0 Å². The van der Waals surface area contributed by atoms with Gasteiger partial charge in [0.05, 0.1) is 19.0 Å². The van der Waals surface area contributed by atoms with Crippen molar-refractivity contribution in [2.45, 2.75) is 6.92 Å². The molecule has 0 unspecified atom stereocenters. The number of carbonyl (C=O) groups excluding carboxylic acids is 2. The number of methoxy groups -OCH3 is 1. The second kappa shape index (κ2) is 8.54. The van der Waals surface area contributed by atoms with E-state index in [0.29, 0.717) is 12.2 Å². The Labute approximate surface area is 174 Å². The molecule has 1 amide bonds. The number of aromatic amines is 2. The number of rotatable bonds is 5. The molecular formula is C22H27N5O3+2. The quantitative estimate of drug-likeness (QED) is 0.533. The molecule has 3 heterocycles. The number of aromatic nitrogens is 2. The van der Waals surface area contributed by atoms with Crippen LogP contribution in [0.15, 0.2) is 42.6 Å². The Morgan fingerprint density at radius 1 is 1.23 bits per heavy atom. The number of esters is 1. The minimum atomic E-state index is -0.501. The van der Waals surface area contributed by atoms with Crippen LogP contribution in [0.4, 0.5) is 11.5 Å². The highest BCUT2D eigenvalue weighted by Crippen LogP contribution is 2.29. The maximum Gasteiger partial charge on any atom is 0.356 e. The number of fused-ring (bicyclic) bond motifs is 1. The van der Waals surface area contributed by atoms with E-state index in [2.05, 4.69) is 26.3 Å². The Morgan fingerprint density at radius 3 is 2.73 bits per heavy atom. The number of benzene rings is 1. The maximum absolute atomic E-state index is 12.8. The van der Waals surface area contributed by atoms with Gasteiger partial charge in [-0.2, -0.15) is 0 Å². The number of anilines is 2. The summed E-state index contributed by atoms with van der Waals surface area (Å²) in [6.07, 6.45) is 1.92. The summed E-state index contributed by atoms with van der Waals surface area (Å²) < 4.78 is 4.89. The second-order valence-electron chi connectivity index (χ2n) is 7.63. The molecule has 1 aliphatic heterocycles. The van der Waals surface area contributed by atoms with Crippen LogP contribution in [-0.4, -0.2) is 56.7 Å². The fraction of sp³-hybridized carbons (Fsp3) is 0.318. The zero-order valence-electron chi connectivity index (χ0n) is 17.2. The average Bonchev–Trinajstić information content (AvgIpc) is 3.11. The number of hydrogen-bond acceptors (Lipinski definition) is 4. The highest BCUT2D eigenvalue weighted by molar-refractivity contribution is 6.11. The predicted molar refractivity (Wildman–Crippen MR) is 114 cm³/mol. The number of pyridine rings is 1. The van der Waals surface area contributed by atoms with Gasteiger partial charge in [0.1, 0.15) is 31.9 Å². The number of hydrogen-bond donors (Lipinski definition) is 3. The molecule has 1 aromatic carbocycles. The summed E-state index contributed by atoms with van der Waals surface area (Å²) in [5.74, 6) is 0.481. The number of ether oxygens (including phenoxy) is 1. The van der Waals surface area contributed by atoms with E-state index in [4.69, 9.17) is 4.74 Å². The summed E-state index contributed by atoms with van der Waals surface area (Å²) >= 11 is 0. The number of nitrogens with zero attached hydrogens (tertiary/aromatic N) is 1. The second-order valence-corrected chi connectivity index (χ2v) is 7.63. The molecule has 0 saturated carbocycles. The normalized spacial score (nSPS) is 14.7. The van der Waals surface area contributed by atoms with Crippen LogP contribution in [-0.2, 0) is 9.53 Å². The van der Waals surface area contributed by atoms with Crippen LogP contribution >= 0.6 is 0 Å². The molecule has 4 rings (SSSR count). The molecular weight excluding hydrogens is 382 g/mol. The fourth-order valence-electron chi connectivity index (χ4n) is 3.92. The van der Waals surface area contributed by atoms with Crippen LogP contribution < -0.4 is 20.1 Å². The van der Waals surface area contributed by atoms with Crippen molar-refractivity contribution in [1.82, 2.24) is 4.98 Å². The molecule has 0 radical (unpaired) electrons. The van der Waals surface area contributed by atoms with E-state index < -0.39 is 5.97 Å². The third-order valence-corrected chi connectivity index (χ3v) is 5.52. The largest absolute Gasteiger partial charge is 0.464 e. The lowest BCUT2D eigenvalue weighted by molar-refractivity contribution is -0.892. The summed E-state index contributed by atoms with van der Waals surface area (Å²) in [6.45, 7) is 5.82. The summed E-state index contributed by atoms with van der Waals surface area (Å²) in [5.41, 5.74) is 2.60. The molecule has 0 spiro atoms. The van der Waals surface area contributed by atoms with E-state index in [0.717, 1.165) is 48.5 Å². The van der Waals surface area contributed by atoms with Gasteiger partial charge in [0, 0.05) is 17.0 Å². The third-order valence-electron chi connectivity index (χ3n) is 5.52. The Kier molecular flexibility index (Phi) is 5.67. The lowest BCUT2D eigenvalue weighted by Gasteiger charge is -2.27. The molecule has 30 heavy (non-hydrogen) atoms. The van der Waals surface area contributed by atoms with E-state index in [-0.39, 0.29) is 11.6 Å².